The van der Waals surface area contributed by atoms with Gasteiger partial charge in [-0.05, 0) is 30.7 Å². The van der Waals surface area contributed by atoms with Crippen molar-refractivity contribution in [1.82, 2.24) is 15.0 Å². The molecule has 0 bridgehead atoms. The molecule has 1 aromatic heterocycles. The summed E-state index contributed by atoms with van der Waals surface area (Å²) >= 11 is 0. The van der Waals surface area contributed by atoms with Crippen LogP contribution in [0.1, 0.15) is 12.3 Å². The van der Waals surface area contributed by atoms with E-state index in [2.05, 4.69) is 14.7 Å². The van der Waals surface area contributed by atoms with Crippen molar-refractivity contribution in [3.8, 4) is 11.4 Å². The zero-order chi connectivity index (χ0) is 18.2. The third kappa shape index (κ3) is 3.52. The van der Waals surface area contributed by atoms with Gasteiger partial charge in [0, 0.05) is 37.4 Å². The number of carbonyl (C=O) groups is 1. The first-order valence-corrected chi connectivity index (χ1v) is 7.48. The van der Waals surface area contributed by atoms with E-state index >= 15 is 0 Å². The average molecular weight is 356 g/mol. The van der Waals surface area contributed by atoms with Crippen LogP contribution >= 0.6 is 0 Å². The molecular weight excluding hydrogens is 341 g/mol. The SMILES string of the molecule is CN(c1ccc(-c2noc(C(F)(F)F)n2)cc1)C1CCN(C(=O)O)C1. The maximum atomic E-state index is 12.5. The number of hydrogen-bond acceptors (Lipinski definition) is 5. The number of aromatic nitrogens is 2. The summed E-state index contributed by atoms with van der Waals surface area (Å²) in [5.74, 6) is -1.53. The molecule has 3 rings (SSSR count). The van der Waals surface area contributed by atoms with E-state index < -0.39 is 18.2 Å². The smallest absolute Gasteiger partial charge is 0.465 e. The van der Waals surface area contributed by atoms with Gasteiger partial charge in [0.15, 0.2) is 0 Å². The van der Waals surface area contributed by atoms with E-state index in [1.165, 1.54) is 4.90 Å². The number of anilines is 1. The molecule has 0 aliphatic carbocycles. The van der Waals surface area contributed by atoms with E-state index in [-0.39, 0.29) is 11.9 Å². The van der Waals surface area contributed by atoms with Crippen molar-refractivity contribution < 1.29 is 27.6 Å². The Morgan fingerprint density at radius 2 is 2.04 bits per heavy atom. The van der Waals surface area contributed by atoms with Gasteiger partial charge in [-0.1, -0.05) is 5.16 Å². The highest BCUT2D eigenvalue weighted by molar-refractivity contribution is 5.66. The topological polar surface area (TPSA) is 82.7 Å². The summed E-state index contributed by atoms with van der Waals surface area (Å²) < 4.78 is 41.7. The lowest BCUT2D eigenvalue weighted by molar-refractivity contribution is -0.159. The van der Waals surface area contributed by atoms with Gasteiger partial charge in [0.05, 0.1) is 0 Å². The monoisotopic (exact) mass is 356 g/mol. The van der Waals surface area contributed by atoms with Crippen LogP contribution in [0.25, 0.3) is 11.4 Å². The predicted molar refractivity (Wildman–Crippen MR) is 81.1 cm³/mol. The number of likely N-dealkylation sites (N-methyl/N-ethyl adjacent to an activating group) is 1. The highest BCUT2D eigenvalue weighted by atomic mass is 19.4. The van der Waals surface area contributed by atoms with Gasteiger partial charge >= 0.3 is 18.2 Å². The van der Waals surface area contributed by atoms with Crippen molar-refractivity contribution in [3.05, 3.63) is 30.2 Å². The van der Waals surface area contributed by atoms with Gasteiger partial charge in [-0.15, -0.1) is 0 Å². The predicted octanol–water partition coefficient (Wildman–Crippen LogP) is 2.94. The molecule has 2 aromatic rings. The van der Waals surface area contributed by atoms with Gasteiger partial charge in [-0.25, -0.2) is 4.79 Å². The van der Waals surface area contributed by atoms with Crippen LogP contribution in [0.5, 0.6) is 0 Å². The lowest BCUT2D eigenvalue weighted by atomic mass is 10.1. The van der Waals surface area contributed by atoms with E-state index in [4.69, 9.17) is 5.11 Å². The lowest BCUT2D eigenvalue weighted by Gasteiger charge is -2.26. The van der Waals surface area contributed by atoms with Crippen LogP contribution in [0.3, 0.4) is 0 Å². The molecule has 0 saturated carbocycles. The van der Waals surface area contributed by atoms with Crippen LogP contribution in [0.2, 0.25) is 0 Å². The third-order valence-electron chi connectivity index (χ3n) is 4.18. The molecule has 1 atom stereocenters. The lowest BCUT2D eigenvalue weighted by Crippen LogP contribution is -2.36. The van der Waals surface area contributed by atoms with Gasteiger partial charge in [-0.2, -0.15) is 18.2 Å². The van der Waals surface area contributed by atoms with E-state index in [9.17, 15) is 18.0 Å². The number of rotatable bonds is 3. The van der Waals surface area contributed by atoms with Gasteiger partial charge in [0.1, 0.15) is 0 Å². The minimum absolute atomic E-state index is 0.0453. The second-order valence-electron chi connectivity index (χ2n) is 5.75. The summed E-state index contributed by atoms with van der Waals surface area (Å²) in [6.45, 7) is 0.888. The van der Waals surface area contributed by atoms with E-state index in [0.29, 0.717) is 25.1 Å². The fourth-order valence-corrected chi connectivity index (χ4v) is 2.74. The Morgan fingerprint density at radius 1 is 1.36 bits per heavy atom. The molecule has 0 spiro atoms. The van der Waals surface area contributed by atoms with Crippen LogP contribution in [0.15, 0.2) is 28.8 Å². The second-order valence-corrected chi connectivity index (χ2v) is 5.75. The molecule has 1 saturated heterocycles. The largest absolute Gasteiger partial charge is 0.471 e. The Morgan fingerprint density at radius 3 is 2.56 bits per heavy atom. The quantitative estimate of drug-likeness (QED) is 0.910. The first-order valence-electron chi connectivity index (χ1n) is 7.48. The molecule has 1 unspecified atom stereocenters. The number of likely N-dealkylation sites (tertiary alicyclic amines) is 1. The van der Waals surface area contributed by atoms with E-state index in [0.717, 1.165) is 5.69 Å². The van der Waals surface area contributed by atoms with Crippen LogP contribution in [0, 0.1) is 0 Å². The van der Waals surface area contributed by atoms with Gasteiger partial charge in [0.25, 0.3) is 0 Å². The molecule has 2 heterocycles. The number of carboxylic acid groups (broad SMARTS) is 1. The van der Waals surface area contributed by atoms with Crippen molar-refractivity contribution in [1.29, 1.82) is 0 Å². The number of amides is 1. The zero-order valence-corrected chi connectivity index (χ0v) is 13.2. The number of halogens is 3. The molecule has 10 heteroatoms. The molecule has 0 radical (unpaired) electrons. The Balaban J connectivity index is 1.72. The fraction of sp³-hybridized carbons (Fsp3) is 0.400. The van der Waals surface area contributed by atoms with Crippen LogP contribution in [-0.2, 0) is 6.18 Å². The van der Waals surface area contributed by atoms with Crippen LogP contribution in [0.4, 0.5) is 23.7 Å². The molecule has 1 fully saturated rings. The molecule has 25 heavy (non-hydrogen) atoms. The summed E-state index contributed by atoms with van der Waals surface area (Å²) in [4.78, 5) is 17.6. The minimum Gasteiger partial charge on any atom is -0.465 e. The van der Waals surface area contributed by atoms with Gasteiger partial charge < -0.3 is 19.4 Å². The number of hydrogen-bond donors (Lipinski definition) is 1. The molecule has 1 aliphatic rings. The highest BCUT2D eigenvalue weighted by Gasteiger charge is 2.38. The van der Waals surface area contributed by atoms with Crippen molar-refractivity contribution in [2.24, 2.45) is 0 Å². The van der Waals surface area contributed by atoms with Crippen molar-refractivity contribution in [3.63, 3.8) is 0 Å². The fourth-order valence-electron chi connectivity index (χ4n) is 2.74. The number of nitrogens with zero attached hydrogens (tertiary/aromatic N) is 4. The first-order chi connectivity index (χ1) is 11.8. The molecular formula is C15H15F3N4O3. The Kier molecular flexibility index (Phi) is 4.27. The number of benzene rings is 1. The zero-order valence-electron chi connectivity index (χ0n) is 13.2. The van der Waals surface area contributed by atoms with Crippen molar-refractivity contribution in [2.45, 2.75) is 18.6 Å². The standard InChI is InChI=1S/C15H15F3N4O3/c1-21(11-6-7-22(8-11)14(23)24)10-4-2-9(3-5-10)12-19-13(25-20-12)15(16,17)18/h2-5,11H,6-8H2,1H3,(H,23,24). The number of alkyl halides is 3. The van der Waals surface area contributed by atoms with Crippen LogP contribution < -0.4 is 4.90 Å². The summed E-state index contributed by atoms with van der Waals surface area (Å²) in [6, 6.07) is 6.69. The molecule has 134 valence electrons. The van der Waals surface area contributed by atoms with Crippen molar-refractivity contribution in [2.75, 3.05) is 25.0 Å². The second kappa shape index (κ2) is 6.26. The maximum absolute atomic E-state index is 12.5. The average Bonchev–Trinajstić information content (AvgIpc) is 3.23. The third-order valence-corrected chi connectivity index (χ3v) is 4.18. The molecule has 7 nitrogen and oxygen atoms in total. The highest BCUT2D eigenvalue weighted by Crippen LogP contribution is 2.30. The molecule has 1 aromatic carbocycles. The van der Waals surface area contributed by atoms with Crippen molar-refractivity contribution >= 4 is 11.8 Å². The summed E-state index contributed by atoms with van der Waals surface area (Å²) in [6.07, 6.45) is -4.90. The Hall–Kier alpha value is -2.78. The van der Waals surface area contributed by atoms with Crippen LogP contribution in [-0.4, -0.2) is 52.4 Å². The molecule has 1 N–H and O–H groups in total. The normalized spacial score (nSPS) is 17.8. The maximum Gasteiger partial charge on any atom is 0.471 e. The molecule has 1 aliphatic heterocycles. The summed E-state index contributed by atoms with van der Waals surface area (Å²) in [5.41, 5.74) is 1.22. The summed E-state index contributed by atoms with van der Waals surface area (Å²) in [5, 5.41) is 12.4. The first kappa shape index (κ1) is 17.1. The van der Waals surface area contributed by atoms with E-state index in [1.807, 2.05) is 11.9 Å². The Labute approximate surface area is 140 Å². The Bertz CT molecular complexity index is 760. The minimum atomic E-state index is -4.68. The van der Waals surface area contributed by atoms with E-state index in [1.54, 1.807) is 24.3 Å². The molecule has 1 amide bonds. The van der Waals surface area contributed by atoms with Gasteiger partial charge in [-0.3, -0.25) is 0 Å². The summed E-state index contributed by atoms with van der Waals surface area (Å²) in [7, 11) is 1.85. The van der Waals surface area contributed by atoms with Gasteiger partial charge in [0.2, 0.25) is 5.82 Å².